The number of ether oxygens (including phenoxy) is 2. The highest BCUT2D eigenvalue weighted by Crippen LogP contribution is 2.06. The second-order valence-electron chi connectivity index (χ2n) is 3.55. The van der Waals surface area contributed by atoms with Crippen LogP contribution in [0.25, 0.3) is 0 Å². The van der Waals surface area contributed by atoms with E-state index in [1.54, 1.807) is 26.4 Å². The molecule has 1 aliphatic rings. The molecule has 0 aromatic carbocycles. The van der Waals surface area contributed by atoms with Gasteiger partial charge in [0.2, 0.25) is 10.3 Å². The van der Waals surface area contributed by atoms with Gasteiger partial charge in [0.05, 0.1) is 4.86 Å². The van der Waals surface area contributed by atoms with Crippen molar-refractivity contribution in [1.82, 2.24) is 5.32 Å². The number of hydrogen-bond acceptors (Lipinski definition) is 5. The van der Waals surface area contributed by atoms with Gasteiger partial charge in [0.1, 0.15) is 0 Å². The number of nitrogens with one attached hydrogen (secondary N) is 1. The second kappa shape index (κ2) is 7.39. The van der Waals surface area contributed by atoms with Gasteiger partial charge in [-0.3, -0.25) is 0 Å². The molecule has 0 amide bonds. The maximum Gasteiger partial charge on any atom is 0.217 e. The molecule has 1 N–H and O–H groups in total. The van der Waals surface area contributed by atoms with Crippen molar-refractivity contribution in [3.8, 4) is 0 Å². The smallest absolute Gasteiger partial charge is 0.217 e. The van der Waals surface area contributed by atoms with E-state index in [9.17, 15) is 8.42 Å². The summed E-state index contributed by atoms with van der Waals surface area (Å²) in [4.78, 5) is 0.417. The van der Waals surface area contributed by atoms with E-state index in [0.717, 1.165) is 5.57 Å². The minimum Gasteiger partial charge on any atom is -0.355 e. The Morgan fingerprint density at radius 2 is 2.06 bits per heavy atom. The molecule has 5 nitrogen and oxygen atoms in total. The molecule has 17 heavy (non-hydrogen) atoms. The Kier molecular flexibility index (Phi) is 6.13. The van der Waals surface area contributed by atoms with E-state index >= 15 is 0 Å². The molecule has 0 aromatic heterocycles. The summed E-state index contributed by atoms with van der Waals surface area (Å²) in [6, 6.07) is 0. The average Bonchev–Trinajstić information content (AvgIpc) is 2.35. The highest BCUT2D eigenvalue weighted by atomic mass is 32.2. The molecule has 0 radical (unpaired) electrons. The van der Waals surface area contributed by atoms with Crippen LogP contribution in [0.1, 0.15) is 6.42 Å². The van der Waals surface area contributed by atoms with Crippen LogP contribution in [0.4, 0.5) is 0 Å². The van der Waals surface area contributed by atoms with Gasteiger partial charge in [0.15, 0.2) is 6.29 Å². The molecular formula is C11H17NO4S. The zero-order chi connectivity index (χ0) is 12.7. The molecule has 6 heteroatoms. The van der Waals surface area contributed by atoms with Gasteiger partial charge < -0.3 is 14.8 Å². The van der Waals surface area contributed by atoms with Crippen molar-refractivity contribution in [3.63, 3.8) is 0 Å². The number of hydrogen-bond donors (Lipinski definition) is 1. The fourth-order valence-corrected chi connectivity index (χ4v) is 1.82. The molecule has 0 saturated heterocycles. The summed E-state index contributed by atoms with van der Waals surface area (Å²) >= 11 is 0. The van der Waals surface area contributed by atoms with Gasteiger partial charge in [-0.05, 0) is 11.6 Å². The lowest BCUT2D eigenvalue weighted by atomic mass is 10.1. The summed E-state index contributed by atoms with van der Waals surface area (Å²) in [5, 5.41) is 3.17. The predicted octanol–water partition coefficient (Wildman–Crippen LogP) is 0.133. The third-order valence-corrected chi connectivity index (χ3v) is 3.16. The quantitative estimate of drug-likeness (QED) is 0.543. The van der Waals surface area contributed by atoms with Crippen LogP contribution in [-0.2, 0) is 19.8 Å². The monoisotopic (exact) mass is 259 g/mol. The molecule has 1 rings (SSSR count). The molecule has 96 valence electrons. The number of rotatable bonds is 6. The fraction of sp³-hybridized carbons (Fsp3) is 0.545. The summed E-state index contributed by atoms with van der Waals surface area (Å²) in [5.41, 5.74) is 1.06. The van der Waals surface area contributed by atoms with E-state index in [2.05, 4.69) is 5.32 Å². The zero-order valence-corrected chi connectivity index (χ0v) is 10.8. The third-order valence-electron chi connectivity index (χ3n) is 2.43. The SMILES string of the molecule is COC(CNCC1=CCC(=S(=O)=O)C=C1)OC. The van der Waals surface area contributed by atoms with Crippen LogP contribution < -0.4 is 5.32 Å². The van der Waals surface area contributed by atoms with E-state index < -0.39 is 10.3 Å². The Hall–Kier alpha value is -0.950. The molecular weight excluding hydrogens is 242 g/mol. The first kappa shape index (κ1) is 14.1. The van der Waals surface area contributed by atoms with Crippen molar-refractivity contribution >= 4 is 15.2 Å². The van der Waals surface area contributed by atoms with E-state index in [4.69, 9.17) is 9.47 Å². The molecule has 0 bridgehead atoms. The Labute approximate surface area is 103 Å². The first-order chi connectivity index (χ1) is 8.17. The van der Waals surface area contributed by atoms with Gasteiger partial charge in [0, 0.05) is 33.7 Å². The van der Waals surface area contributed by atoms with Crippen LogP contribution >= 0.6 is 0 Å². The maximum atomic E-state index is 10.7. The average molecular weight is 259 g/mol. The molecule has 0 aliphatic heterocycles. The lowest BCUT2D eigenvalue weighted by molar-refractivity contribution is -0.0983. The predicted molar refractivity (Wildman–Crippen MR) is 66.4 cm³/mol. The van der Waals surface area contributed by atoms with Gasteiger partial charge in [-0.15, -0.1) is 0 Å². The van der Waals surface area contributed by atoms with E-state index in [-0.39, 0.29) is 6.29 Å². The molecule has 0 atom stereocenters. The Balaban J connectivity index is 2.36. The van der Waals surface area contributed by atoms with Gasteiger partial charge in [-0.2, -0.15) is 8.42 Å². The standard InChI is InChI=1S/C11H17NO4S/c1-15-11(16-2)8-12-7-9-3-5-10(6-4-9)17(13)14/h3-5,11-12H,6-8H2,1-2H3. The van der Waals surface area contributed by atoms with Gasteiger partial charge in [-0.25, -0.2) is 0 Å². The van der Waals surface area contributed by atoms with E-state index in [0.29, 0.717) is 24.4 Å². The minimum atomic E-state index is -2.11. The largest absolute Gasteiger partial charge is 0.355 e. The fourth-order valence-electron chi connectivity index (χ4n) is 1.42. The van der Waals surface area contributed by atoms with Crippen LogP contribution in [-0.4, -0.2) is 46.9 Å². The molecule has 0 saturated carbocycles. The highest BCUT2D eigenvalue weighted by molar-refractivity contribution is 7.73. The number of methoxy groups -OCH3 is 2. The summed E-state index contributed by atoms with van der Waals surface area (Å²) in [6.07, 6.45) is 5.52. The highest BCUT2D eigenvalue weighted by Gasteiger charge is 2.06. The van der Waals surface area contributed by atoms with Gasteiger partial charge in [-0.1, -0.05) is 12.2 Å². The van der Waals surface area contributed by atoms with Gasteiger partial charge in [0.25, 0.3) is 0 Å². The Morgan fingerprint density at radius 3 is 2.53 bits per heavy atom. The molecule has 1 aliphatic carbocycles. The van der Waals surface area contributed by atoms with Crippen molar-refractivity contribution in [1.29, 1.82) is 0 Å². The first-order valence-electron chi connectivity index (χ1n) is 5.26. The lowest BCUT2D eigenvalue weighted by Gasteiger charge is -2.15. The topological polar surface area (TPSA) is 64.6 Å². The van der Waals surface area contributed by atoms with Crippen molar-refractivity contribution < 1.29 is 17.9 Å². The molecule has 0 unspecified atom stereocenters. The van der Waals surface area contributed by atoms with Crippen LogP contribution in [0.5, 0.6) is 0 Å². The normalized spacial score (nSPS) is 15.2. The molecule has 0 fully saturated rings. The van der Waals surface area contributed by atoms with E-state index in [1.165, 1.54) is 0 Å². The molecule has 0 aromatic rings. The summed E-state index contributed by atoms with van der Waals surface area (Å²) in [6.45, 7) is 1.25. The zero-order valence-electron chi connectivity index (χ0n) is 9.97. The van der Waals surface area contributed by atoms with Gasteiger partial charge >= 0.3 is 0 Å². The summed E-state index contributed by atoms with van der Waals surface area (Å²) in [5.74, 6) is 0. The van der Waals surface area contributed by atoms with E-state index in [1.807, 2.05) is 6.08 Å². The van der Waals surface area contributed by atoms with Crippen LogP contribution in [0.2, 0.25) is 0 Å². The maximum absolute atomic E-state index is 10.7. The number of allylic oxidation sites excluding steroid dienone is 2. The van der Waals surface area contributed by atoms with Crippen molar-refractivity contribution in [2.45, 2.75) is 12.7 Å². The summed E-state index contributed by atoms with van der Waals surface area (Å²) < 4.78 is 31.4. The second-order valence-corrected chi connectivity index (χ2v) is 4.54. The van der Waals surface area contributed by atoms with Crippen molar-refractivity contribution in [2.75, 3.05) is 27.3 Å². The van der Waals surface area contributed by atoms with Crippen LogP contribution in [0.3, 0.4) is 0 Å². The first-order valence-corrected chi connectivity index (χ1v) is 6.33. The minimum absolute atomic E-state index is 0.264. The lowest BCUT2D eigenvalue weighted by Crippen LogP contribution is -2.31. The van der Waals surface area contributed by atoms with Crippen molar-refractivity contribution in [3.05, 3.63) is 23.8 Å². The van der Waals surface area contributed by atoms with Crippen LogP contribution in [0, 0.1) is 0 Å². The third kappa shape index (κ3) is 4.82. The molecule has 0 spiro atoms. The van der Waals surface area contributed by atoms with Crippen LogP contribution in [0.15, 0.2) is 23.8 Å². The Bertz CT molecular complexity index is 424. The summed E-state index contributed by atoms with van der Waals surface area (Å²) in [7, 11) is 1.06. The molecule has 0 heterocycles. The van der Waals surface area contributed by atoms with Crippen molar-refractivity contribution in [2.24, 2.45) is 0 Å². The Morgan fingerprint density at radius 1 is 1.35 bits per heavy atom.